The summed E-state index contributed by atoms with van der Waals surface area (Å²) in [5.74, 6) is 0. The molecule has 3 unspecified atom stereocenters. The van der Waals surface area contributed by atoms with Crippen molar-refractivity contribution in [2.45, 2.75) is 56.9 Å². The van der Waals surface area contributed by atoms with E-state index in [4.69, 9.17) is 4.74 Å². The first-order chi connectivity index (χ1) is 7.93. The molecule has 4 nitrogen and oxygen atoms in total. The second-order valence-electron chi connectivity index (χ2n) is 4.99. The molecule has 0 aromatic carbocycles. The predicted octanol–water partition coefficient (Wildman–Crippen LogP) is 1.36. The lowest BCUT2D eigenvalue weighted by Crippen LogP contribution is -2.41. The van der Waals surface area contributed by atoms with Crippen molar-refractivity contribution in [3.8, 4) is 0 Å². The molecule has 0 aliphatic heterocycles. The summed E-state index contributed by atoms with van der Waals surface area (Å²) in [5.41, 5.74) is 0. The van der Waals surface area contributed by atoms with E-state index in [2.05, 4.69) is 5.32 Å². The first kappa shape index (κ1) is 14.9. The SMILES string of the molecule is CCOC(C)CNC1CCCC(S(C)(=O)=O)C1. The summed E-state index contributed by atoms with van der Waals surface area (Å²) in [5, 5.41) is 3.26. The quantitative estimate of drug-likeness (QED) is 0.786. The van der Waals surface area contributed by atoms with Crippen LogP contribution >= 0.6 is 0 Å². The van der Waals surface area contributed by atoms with Crippen LogP contribution in [0.25, 0.3) is 0 Å². The Hall–Kier alpha value is -0.130. The number of rotatable bonds is 6. The average molecular weight is 263 g/mol. The van der Waals surface area contributed by atoms with Gasteiger partial charge in [-0.25, -0.2) is 8.42 Å². The molecule has 3 atom stereocenters. The third-order valence-corrected chi connectivity index (χ3v) is 5.02. The van der Waals surface area contributed by atoms with Crippen LogP contribution in [0.1, 0.15) is 39.5 Å². The molecule has 0 heterocycles. The Bertz CT molecular complexity index is 316. The second-order valence-corrected chi connectivity index (χ2v) is 7.31. The van der Waals surface area contributed by atoms with Crippen LogP contribution in [0.2, 0.25) is 0 Å². The minimum atomic E-state index is -2.88. The van der Waals surface area contributed by atoms with E-state index >= 15 is 0 Å². The Morgan fingerprint density at radius 3 is 2.71 bits per heavy atom. The van der Waals surface area contributed by atoms with Gasteiger partial charge in [-0.3, -0.25) is 0 Å². The maximum atomic E-state index is 11.5. The molecule has 5 heteroatoms. The highest BCUT2D eigenvalue weighted by molar-refractivity contribution is 7.91. The molecule has 1 aliphatic rings. The van der Waals surface area contributed by atoms with Crippen molar-refractivity contribution in [3.63, 3.8) is 0 Å². The fraction of sp³-hybridized carbons (Fsp3) is 1.00. The molecular formula is C12H25NO3S. The standard InChI is InChI=1S/C12H25NO3S/c1-4-16-10(2)9-13-11-6-5-7-12(8-11)17(3,14)15/h10-13H,4-9H2,1-3H3. The van der Waals surface area contributed by atoms with Crippen LogP contribution in [0.5, 0.6) is 0 Å². The van der Waals surface area contributed by atoms with E-state index in [0.29, 0.717) is 6.04 Å². The van der Waals surface area contributed by atoms with Gasteiger partial charge in [0.15, 0.2) is 0 Å². The zero-order valence-electron chi connectivity index (χ0n) is 11.1. The molecule has 1 aliphatic carbocycles. The Kier molecular flexibility index (Phi) is 5.89. The summed E-state index contributed by atoms with van der Waals surface area (Å²) >= 11 is 0. The van der Waals surface area contributed by atoms with E-state index in [1.54, 1.807) is 0 Å². The van der Waals surface area contributed by atoms with Gasteiger partial charge in [0.25, 0.3) is 0 Å². The molecule has 1 fully saturated rings. The minimum absolute atomic E-state index is 0.156. The van der Waals surface area contributed by atoms with Gasteiger partial charge in [-0.2, -0.15) is 0 Å². The highest BCUT2D eigenvalue weighted by Crippen LogP contribution is 2.23. The average Bonchev–Trinajstić information content (AvgIpc) is 2.26. The van der Waals surface area contributed by atoms with Crippen molar-refractivity contribution >= 4 is 9.84 Å². The summed E-state index contributed by atoms with van der Waals surface area (Å²) in [6.45, 7) is 5.54. The second kappa shape index (κ2) is 6.71. The van der Waals surface area contributed by atoms with Crippen molar-refractivity contribution in [2.24, 2.45) is 0 Å². The molecule has 1 N–H and O–H groups in total. The maximum Gasteiger partial charge on any atom is 0.150 e. The van der Waals surface area contributed by atoms with Crippen LogP contribution in [-0.2, 0) is 14.6 Å². The van der Waals surface area contributed by atoms with E-state index in [1.807, 2.05) is 13.8 Å². The van der Waals surface area contributed by atoms with Gasteiger partial charge >= 0.3 is 0 Å². The molecule has 0 radical (unpaired) electrons. The molecule has 17 heavy (non-hydrogen) atoms. The van der Waals surface area contributed by atoms with Crippen molar-refractivity contribution in [3.05, 3.63) is 0 Å². The van der Waals surface area contributed by atoms with Gasteiger partial charge in [-0.05, 0) is 33.1 Å². The van der Waals surface area contributed by atoms with Crippen molar-refractivity contribution in [1.82, 2.24) is 5.32 Å². The van der Waals surface area contributed by atoms with Gasteiger partial charge in [0.1, 0.15) is 9.84 Å². The van der Waals surface area contributed by atoms with Gasteiger partial charge in [0.05, 0.1) is 11.4 Å². The van der Waals surface area contributed by atoms with Crippen LogP contribution in [0.3, 0.4) is 0 Å². The molecule has 1 saturated carbocycles. The third-order valence-electron chi connectivity index (χ3n) is 3.38. The van der Waals surface area contributed by atoms with Crippen LogP contribution < -0.4 is 5.32 Å². The Balaban J connectivity index is 2.35. The molecule has 0 aromatic heterocycles. The smallest absolute Gasteiger partial charge is 0.150 e. The highest BCUT2D eigenvalue weighted by Gasteiger charge is 2.28. The van der Waals surface area contributed by atoms with Gasteiger partial charge in [-0.15, -0.1) is 0 Å². The fourth-order valence-corrected chi connectivity index (χ4v) is 3.57. The number of nitrogens with one attached hydrogen (secondary N) is 1. The van der Waals surface area contributed by atoms with Crippen LogP contribution in [0, 0.1) is 0 Å². The maximum absolute atomic E-state index is 11.5. The molecule has 0 saturated heterocycles. The summed E-state index contributed by atoms with van der Waals surface area (Å²) in [4.78, 5) is 0. The van der Waals surface area contributed by atoms with Crippen LogP contribution in [-0.4, -0.2) is 45.2 Å². The van der Waals surface area contributed by atoms with E-state index in [9.17, 15) is 8.42 Å². The van der Waals surface area contributed by atoms with Gasteiger partial charge in [-0.1, -0.05) is 6.42 Å². The number of hydrogen-bond donors (Lipinski definition) is 1. The summed E-state index contributed by atoms with van der Waals surface area (Å²) in [7, 11) is -2.88. The third kappa shape index (κ3) is 5.36. The normalized spacial score (nSPS) is 27.9. The molecule has 0 bridgehead atoms. The number of sulfone groups is 1. The number of ether oxygens (including phenoxy) is 1. The molecule has 1 rings (SSSR count). The predicted molar refractivity (Wildman–Crippen MR) is 70.0 cm³/mol. The van der Waals surface area contributed by atoms with Crippen LogP contribution in [0.4, 0.5) is 0 Å². The van der Waals surface area contributed by atoms with Gasteiger partial charge in [0, 0.05) is 25.4 Å². The van der Waals surface area contributed by atoms with Crippen molar-refractivity contribution in [1.29, 1.82) is 0 Å². The summed E-state index contributed by atoms with van der Waals surface area (Å²) in [6, 6.07) is 0.325. The zero-order chi connectivity index (χ0) is 12.9. The fourth-order valence-electron chi connectivity index (χ4n) is 2.40. The van der Waals surface area contributed by atoms with Gasteiger partial charge < -0.3 is 10.1 Å². The zero-order valence-corrected chi connectivity index (χ0v) is 11.9. The molecule has 0 aromatic rings. The lowest BCUT2D eigenvalue weighted by molar-refractivity contribution is 0.0728. The molecule has 0 amide bonds. The largest absolute Gasteiger partial charge is 0.377 e. The molecule has 0 spiro atoms. The first-order valence-corrected chi connectivity index (χ1v) is 8.42. The van der Waals surface area contributed by atoms with Crippen LogP contribution in [0.15, 0.2) is 0 Å². The topological polar surface area (TPSA) is 55.4 Å². The molecule has 102 valence electrons. The summed E-state index contributed by atoms with van der Waals surface area (Å²) < 4.78 is 28.5. The Labute approximate surface area is 105 Å². The number of hydrogen-bond acceptors (Lipinski definition) is 4. The minimum Gasteiger partial charge on any atom is -0.377 e. The van der Waals surface area contributed by atoms with E-state index in [-0.39, 0.29) is 11.4 Å². The van der Waals surface area contributed by atoms with E-state index in [0.717, 1.165) is 38.8 Å². The van der Waals surface area contributed by atoms with Gasteiger partial charge in [0.2, 0.25) is 0 Å². The van der Waals surface area contributed by atoms with E-state index in [1.165, 1.54) is 6.26 Å². The van der Waals surface area contributed by atoms with Crippen molar-refractivity contribution in [2.75, 3.05) is 19.4 Å². The summed E-state index contributed by atoms with van der Waals surface area (Å²) in [6.07, 6.45) is 5.18. The monoisotopic (exact) mass is 263 g/mol. The lowest BCUT2D eigenvalue weighted by atomic mass is 9.95. The molecular weight excluding hydrogens is 238 g/mol. The first-order valence-electron chi connectivity index (χ1n) is 6.47. The highest BCUT2D eigenvalue weighted by atomic mass is 32.2. The lowest BCUT2D eigenvalue weighted by Gasteiger charge is -2.29. The Morgan fingerprint density at radius 1 is 1.41 bits per heavy atom. The Morgan fingerprint density at radius 2 is 2.12 bits per heavy atom. The van der Waals surface area contributed by atoms with Crippen molar-refractivity contribution < 1.29 is 13.2 Å². The van der Waals surface area contributed by atoms with E-state index < -0.39 is 9.84 Å².